The number of nitrogens with zero attached hydrogens (tertiary/aromatic N) is 1. The molecule has 0 bridgehead atoms. The fourth-order valence-electron chi connectivity index (χ4n) is 1.76. The first-order chi connectivity index (χ1) is 12.3. The fraction of sp³-hybridized carbons (Fsp3) is 0. The Bertz CT molecular complexity index is 855. The minimum absolute atomic E-state index is 0.0843. The molecule has 1 heterocycles. The van der Waals surface area contributed by atoms with Gasteiger partial charge in [0, 0.05) is 11.6 Å². The molecule has 0 spiro atoms. The summed E-state index contributed by atoms with van der Waals surface area (Å²) in [7, 11) is -3.95. The zero-order valence-electron chi connectivity index (χ0n) is 13.1. The molecule has 0 aliphatic rings. The van der Waals surface area contributed by atoms with Crippen LogP contribution in [0.4, 0.5) is 0 Å². The number of hydrogen-bond acceptors (Lipinski definition) is 8. The Hall–Kier alpha value is -2.96. The number of hydrogen-bond donors (Lipinski definition) is 6. The van der Waals surface area contributed by atoms with E-state index in [0.717, 1.165) is 18.4 Å². The van der Waals surface area contributed by atoms with Gasteiger partial charge in [-0.25, -0.2) is 10.9 Å². The molecular formula is C15H15N3O7S. The van der Waals surface area contributed by atoms with Gasteiger partial charge in [0.15, 0.2) is 0 Å². The van der Waals surface area contributed by atoms with Crippen molar-refractivity contribution in [1.29, 1.82) is 0 Å². The molecule has 1 aromatic heterocycles. The van der Waals surface area contributed by atoms with Gasteiger partial charge in [0.25, 0.3) is 11.8 Å². The monoisotopic (exact) mass is 381 g/mol. The van der Waals surface area contributed by atoms with Crippen LogP contribution in [0.1, 0.15) is 21.7 Å². The van der Waals surface area contributed by atoms with Gasteiger partial charge in [0.1, 0.15) is 16.6 Å². The van der Waals surface area contributed by atoms with Crippen LogP contribution in [0.2, 0.25) is 0 Å². The number of amides is 2. The topological polar surface area (TPSA) is 165 Å². The van der Waals surface area contributed by atoms with Gasteiger partial charge in [-0.05, 0) is 35.9 Å². The minimum Gasteiger partial charge on any atom is -0.444 e. The highest BCUT2D eigenvalue weighted by molar-refractivity contribution is 8.19. The van der Waals surface area contributed by atoms with E-state index in [0.29, 0.717) is 5.56 Å². The molecule has 0 radical (unpaired) electrons. The summed E-state index contributed by atoms with van der Waals surface area (Å²) in [4.78, 5) is 23.0. The van der Waals surface area contributed by atoms with E-state index in [1.54, 1.807) is 12.1 Å². The highest BCUT2D eigenvalue weighted by Gasteiger charge is 2.19. The number of nitrogens with one attached hydrogen (secondary N) is 2. The number of carbonyl (C=O) groups excluding carboxylic acids is 2. The summed E-state index contributed by atoms with van der Waals surface area (Å²) < 4.78 is 32.0. The molecule has 0 aliphatic carbocycles. The second-order valence-corrected chi connectivity index (χ2v) is 6.25. The highest BCUT2D eigenvalue weighted by Crippen LogP contribution is 2.43. The van der Waals surface area contributed by atoms with Crippen LogP contribution in [0.3, 0.4) is 0 Å². The predicted octanol–water partition coefficient (Wildman–Crippen LogP) is 2.14. The first-order valence-electron chi connectivity index (χ1n) is 6.96. The van der Waals surface area contributed by atoms with Crippen molar-refractivity contribution in [2.75, 3.05) is 0 Å². The molecule has 26 heavy (non-hydrogen) atoms. The molecule has 0 unspecified atom stereocenters. The molecule has 6 N–H and O–H groups in total. The fourth-order valence-corrected chi connectivity index (χ4v) is 2.22. The van der Waals surface area contributed by atoms with Gasteiger partial charge in [0.05, 0.1) is 6.21 Å². The molecule has 0 saturated heterocycles. The van der Waals surface area contributed by atoms with E-state index < -0.39 is 27.8 Å². The van der Waals surface area contributed by atoms with Gasteiger partial charge >= 0.3 is 0 Å². The van der Waals surface area contributed by atoms with Crippen molar-refractivity contribution in [1.82, 2.24) is 10.9 Å². The molecule has 0 atom stereocenters. The van der Waals surface area contributed by atoms with Crippen LogP contribution in [0.25, 0.3) is 6.08 Å². The Kier molecular flexibility index (Phi) is 6.27. The van der Waals surface area contributed by atoms with Crippen molar-refractivity contribution in [3.63, 3.8) is 0 Å². The summed E-state index contributed by atoms with van der Waals surface area (Å²) in [5.41, 5.74) is 4.51. The predicted molar refractivity (Wildman–Crippen MR) is 92.9 cm³/mol. The summed E-state index contributed by atoms with van der Waals surface area (Å²) in [6.07, 6.45) is 3.61. The third-order valence-corrected chi connectivity index (χ3v) is 3.68. The molecule has 138 valence electrons. The van der Waals surface area contributed by atoms with Gasteiger partial charge in [-0.2, -0.15) is 5.10 Å². The lowest BCUT2D eigenvalue weighted by Crippen LogP contribution is -2.17. The molecule has 0 fully saturated rings. The minimum atomic E-state index is -3.95. The third kappa shape index (κ3) is 5.54. The number of rotatable bonds is 6. The smallest absolute Gasteiger partial charge is 0.271 e. The molecular weight excluding hydrogens is 366 g/mol. The lowest BCUT2D eigenvalue weighted by atomic mass is 10.1. The quantitative estimate of drug-likeness (QED) is 0.193. The van der Waals surface area contributed by atoms with E-state index in [1.807, 2.05) is 0 Å². The van der Waals surface area contributed by atoms with Crippen LogP contribution >= 0.6 is 10.9 Å². The molecule has 1 aromatic carbocycles. The summed E-state index contributed by atoms with van der Waals surface area (Å²) in [5.74, 6) is -1.16. The second-order valence-electron chi connectivity index (χ2n) is 4.81. The van der Waals surface area contributed by atoms with Crippen molar-refractivity contribution in [3.05, 3.63) is 59.4 Å². The summed E-state index contributed by atoms with van der Waals surface area (Å²) in [6.45, 7) is 0. The van der Waals surface area contributed by atoms with Crippen LogP contribution in [0, 0.1) is 0 Å². The zero-order valence-corrected chi connectivity index (χ0v) is 13.9. The van der Waals surface area contributed by atoms with Crippen molar-refractivity contribution in [2.24, 2.45) is 5.10 Å². The first kappa shape index (κ1) is 19.4. The van der Waals surface area contributed by atoms with E-state index in [2.05, 4.69) is 10.5 Å². The number of furan rings is 1. The SMILES string of the molecule is O=C(C=Cc1cccc(C(=O)NN=Cc2ccc(S(O)(O)O)o2)c1)NO. The van der Waals surface area contributed by atoms with Crippen LogP contribution in [0.15, 0.2) is 57.1 Å². The number of benzene rings is 1. The molecule has 10 nitrogen and oxygen atoms in total. The van der Waals surface area contributed by atoms with Crippen molar-refractivity contribution >= 4 is 35.0 Å². The summed E-state index contributed by atoms with van der Waals surface area (Å²) >= 11 is 0. The van der Waals surface area contributed by atoms with Crippen molar-refractivity contribution < 1.29 is 32.9 Å². The van der Waals surface area contributed by atoms with E-state index >= 15 is 0 Å². The Morgan fingerprint density at radius 3 is 2.58 bits per heavy atom. The number of hydroxylamine groups is 1. The molecule has 2 rings (SSSR count). The van der Waals surface area contributed by atoms with Gasteiger partial charge < -0.3 is 18.1 Å². The lowest BCUT2D eigenvalue weighted by Gasteiger charge is -2.14. The van der Waals surface area contributed by atoms with Crippen LogP contribution < -0.4 is 10.9 Å². The van der Waals surface area contributed by atoms with Crippen molar-refractivity contribution in [2.45, 2.75) is 5.09 Å². The Morgan fingerprint density at radius 2 is 1.92 bits per heavy atom. The van der Waals surface area contributed by atoms with Crippen LogP contribution in [-0.4, -0.2) is 36.9 Å². The largest absolute Gasteiger partial charge is 0.444 e. The Labute approximate surface area is 149 Å². The maximum atomic E-state index is 12.0. The second kappa shape index (κ2) is 8.42. The maximum absolute atomic E-state index is 12.0. The number of hydrazone groups is 1. The lowest BCUT2D eigenvalue weighted by molar-refractivity contribution is -0.124. The molecule has 2 amide bonds. The zero-order chi connectivity index (χ0) is 19.2. The van der Waals surface area contributed by atoms with Gasteiger partial charge in [-0.15, -0.1) is 0 Å². The highest BCUT2D eigenvalue weighted by atomic mass is 32.3. The first-order valence-corrected chi connectivity index (χ1v) is 8.46. The molecule has 0 aliphatic heterocycles. The van der Waals surface area contributed by atoms with Crippen LogP contribution in [-0.2, 0) is 4.79 Å². The Morgan fingerprint density at radius 1 is 1.15 bits per heavy atom. The van der Waals surface area contributed by atoms with Gasteiger partial charge in [-0.3, -0.25) is 14.8 Å². The molecule has 0 saturated carbocycles. The summed E-state index contributed by atoms with van der Waals surface area (Å²) in [6, 6.07) is 8.76. The number of carbonyl (C=O) groups is 2. The summed E-state index contributed by atoms with van der Waals surface area (Å²) in [5, 5.41) is 11.7. The van der Waals surface area contributed by atoms with E-state index in [1.165, 1.54) is 29.8 Å². The third-order valence-electron chi connectivity index (χ3n) is 2.92. The van der Waals surface area contributed by atoms with Crippen molar-refractivity contribution in [3.8, 4) is 0 Å². The van der Waals surface area contributed by atoms with Gasteiger partial charge in [-0.1, -0.05) is 12.1 Å². The van der Waals surface area contributed by atoms with Gasteiger partial charge in [0.2, 0.25) is 5.09 Å². The Balaban J connectivity index is 2.00. The normalized spacial score (nSPS) is 12.5. The maximum Gasteiger partial charge on any atom is 0.271 e. The van der Waals surface area contributed by atoms with E-state index in [4.69, 9.17) is 23.3 Å². The van der Waals surface area contributed by atoms with E-state index in [-0.39, 0.29) is 11.3 Å². The molecule has 2 aromatic rings. The van der Waals surface area contributed by atoms with Crippen LogP contribution in [0.5, 0.6) is 0 Å². The molecule has 11 heteroatoms. The standard InChI is InChI=1S/C15H15N3O7S/c19-13(18-21)6-4-10-2-1-3-11(8-10)15(20)17-16-9-12-5-7-14(25-12)26(22,23)24/h1-9,21-24H,(H,17,20)(H,18,19). The van der Waals surface area contributed by atoms with E-state index in [9.17, 15) is 9.59 Å². The average molecular weight is 381 g/mol. The average Bonchev–Trinajstić information content (AvgIpc) is 3.09.